The summed E-state index contributed by atoms with van der Waals surface area (Å²) in [5.41, 5.74) is 3.63. The zero-order chi connectivity index (χ0) is 20.1. The molecule has 2 aromatic rings. The molecule has 4 rings (SSSR count). The van der Waals surface area contributed by atoms with E-state index in [1.54, 1.807) is 6.33 Å². The molecule has 2 heterocycles. The quantitative estimate of drug-likeness (QED) is 0.721. The van der Waals surface area contributed by atoms with Gasteiger partial charge in [-0.25, -0.2) is 9.97 Å². The van der Waals surface area contributed by atoms with Gasteiger partial charge in [0.05, 0.1) is 6.61 Å². The van der Waals surface area contributed by atoms with Gasteiger partial charge in [-0.3, -0.25) is 4.90 Å². The lowest BCUT2D eigenvalue weighted by Gasteiger charge is -2.55. The van der Waals surface area contributed by atoms with E-state index >= 15 is 0 Å². The summed E-state index contributed by atoms with van der Waals surface area (Å²) in [6.07, 6.45) is 14.7. The fourth-order valence-electron chi connectivity index (χ4n) is 5.02. The number of hydrogen-bond donors (Lipinski definition) is 2. The van der Waals surface area contributed by atoms with E-state index in [9.17, 15) is 5.11 Å². The molecule has 1 saturated carbocycles. The molecule has 0 radical (unpaired) electrons. The third-order valence-electron chi connectivity index (χ3n) is 6.50. The van der Waals surface area contributed by atoms with Gasteiger partial charge in [-0.15, -0.1) is 0 Å². The predicted molar refractivity (Wildman–Crippen MR) is 116 cm³/mol. The van der Waals surface area contributed by atoms with Crippen molar-refractivity contribution in [2.75, 3.05) is 13.2 Å². The average Bonchev–Trinajstić information content (AvgIpc) is 3.26. The molecule has 1 aliphatic carbocycles. The van der Waals surface area contributed by atoms with Crippen LogP contribution >= 0.6 is 0 Å². The first-order valence-electron chi connectivity index (χ1n) is 10.9. The van der Waals surface area contributed by atoms with Crippen molar-refractivity contribution in [2.24, 2.45) is 0 Å². The molecule has 3 atom stereocenters. The van der Waals surface area contributed by atoms with Crippen LogP contribution in [-0.2, 0) is 6.54 Å². The van der Waals surface area contributed by atoms with Gasteiger partial charge in [-0.05, 0) is 30.9 Å². The molecular formula is C24H32N4O. The molecule has 5 heteroatoms. The maximum Gasteiger partial charge on any atom is 0.115 e. The zero-order valence-electron chi connectivity index (χ0n) is 17.2. The van der Waals surface area contributed by atoms with Crippen molar-refractivity contribution >= 4 is 6.08 Å². The normalized spacial score (nSPS) is 25.5. The van der Waals surface area contributed by atoms with Crippen LogP contribution in [0.5, 0.6) is 0 Å². The Morgan fingerprint density at radius 3 is 2.48 bits per heavy atom. The summed E-state index contributed by atoms with van der Waals surface area (Å²) in [7, 11) is 0. The van der Waals surface area contributed by atoms with E-state index in [1.165, 1.54) is 36.8 Å². The molecule has 29 heavy (non-hydrogen) atoms. The number of hydrogen-bond acceptors (Lipinski definition) is 5. The van der Waals surface area contributed by atoms with Crippen molar-refractivity contribution in [1.29, 1.82) is 0 Å². The molecule has 0 bridgehead atoms. The highest BCUT2D eigenvalue weighted by Crippen LogP contribution is 2.41. The minimum absolute atomic E-state index is 0.123. The second kappa shape index (κ2) is 9.61. The number of rotatable bonds is 8. The Labute approximate surface area is 173 Å². The van der Waals surface area contributed by atoms with Crippen molar-refractivity contribution in [3.63, 3.8) is 0 Å². The molecule has 2 fully saturated rings. The number of nitrogens with one attached hydrogen (secondary N) is 1. The summed E-state index contributed by atoms with van der Waals surface area (Å²) < 4.78 is 0. The Bertz CT molecular complexity index is 786. The largest absolute Gasteiger partial charge is 0.395 e. The minimum Gasteiger partial charge on any atom is -0.395 e. The van der Waals surface area contributed by atoms with Crippen LogP contribution < -0.4 is 5.32 Å². The Kier molecular flexibility index (Phi) is 6.70. The molecule has 5 nitrogen and oxygen atoms in total. The summed E-state index contributed by atoms with van der Waals surface area (Å²) in [5, 5.41) is 14.0. The second-order valence-electron chi connectivity index (χ2n) is 8.32. The molecule has 154 valence electrons. The standard InChI is InChI=1S/C24H32N4O/c1-2-5-18-8-10-20(11-9-18)24-22(14-27-21-6-3-4-7-21)28(23(24)16-29)15-19-12-25-17-26-13-19/h2,5,8-13,17,21-24,27,29H,3-4,6-7,14-16H2,1H3/b5-2+/t22-,23+,24+/m0/s1. The van der Waals surface area contributed by atoms with Gasteiger partial charge in [0, 0.05) is 55.1 Å². The molecule has 1 saturated heterocycles. The van der Waals surface area contributed by atoms with Crippen molar-refractivity contribution in [3.8, 4) is 0 Å². The smallest absolute Gasteiger partial charge is 0.115 e. The minimum atomic E-state index is 0.123. The summed E-state index contributed by atoms with van der Waals surface area (Å²) in [5.74, 6) is 0.332. The summed E-state index contributed by atoms with van der Waals surface area (Å²) >= 11 is 0. The average molecular weight is 393 g/mol. The van der Waals surface area contributed by atoms with Gasteiger partial charge < -0.3 is 10.4 Å². The number of nitrogens with zero attached hydrogens (tertiary/aromatic N) is 3. The lowest BCUT2D eigenvalue weighted by molar-refractivity contribution is -0.0499. The first-order chi connectivity index (χ1) is 14.3. The van der Waals surface area contributed by atoms with E-state index in [0.29, 0.717) is 18.0 Å². The maximum atomic E-state index is 10.2. The fourth-order valence-corrected chi connectivity index (χ4v) is 5.02. The van der Waals surface area contributed by atoms with Crippen molar-refractivity contribution in [2.45, 2.75) is 63.2 Å². The van der Waals surface area contributed by atoms with Crippen molar-refractivity contribution in [3.05, 3.63) is 65.8 Å². The number of aliphatic hydroxyl groups is 1. The highest BCUT2D eigenvalue weighted by atomic mass is 16.3. The predicted octanol–water partition coefficient (Wildman–Crippen LogP) is 3.37. The molecular weight excluding hydrogens is 360 g/mol. The van der Waals surface area contributed by atoms with Crippen molar-refractivity contribution < 1.29 is 5.11 Å². The molecule has 0 spiro atoms. The monoisotopic (exact) mass is 392 g/mol. The molecule has 0 amide bonds. The Balaban J connectivity index is 1.53. The van der Waals surface area contributed by atoms with Crippen LogP contribution in [0.15, 0.2) is 49.1 Å². The van der Waals surface area contributed by atoms with Crippen LogP contribution in [-0.4, -0.2) is 51.3 Å². The summed E-state index contributed by atoms with van der Waals surface area (Å²) in [6, 6.07) is 9.95. The maximum absolute atomic E-state index is 10.2. The highest BCUT2D eigenvalue weighted by Gasteiger charge is 2.48. The van der Waals surface area contributed by atoms with Crippen LogP contribution in [0.3, 0.4) is 0 Å². The van der Waals surface area contributed by atoms with Crippen LogP contribution in [0.1, 0.15) is 55.2 Å². The van der Waals surface area contributed by atoms with Crippen LogP contribution in [0.25, 0.3) is 6.08 Å². The third-order valence-corrected chi connectivity index (χ3v) is 6.50. The fraction of sp³-hybridized carbons (Fsp3) is 0.500. The lowest BCUT2D eigenvalue weighted by Crippen LogP contribution is -2.66. The van der Waals surface area contributed by atoms with Gasteiger partial charge in [0.25, 0.3) is 0 Å². The topological polar surface area (TPSA) is 61.3 Å². The Morgan fingerprint density at radius 2 is 1.83 bits per heavy atom. The van der Waals surface area contributed by atoms with Gasteiger partial charge in [0.1, 0.15) is 6.33 Å². The first-order valence-corrected chi connectivity index (χ1v) is 10.9. The highest BCUT2D eigenvalue weighted by molar-refractivity contribution is 5.50. The van der Waals surface area contributed by atoms with Crippen LogP contribution in [0, 0.1) is 0 Å². The van der Waals surface area contributed by atoms with Gasteiger partial charge >= 0.3 is 0 Å². The molecule has 0 unspecified atom stereocenters. The van der Waals surface area contributed by atoms with Gasteiger partial charge in [0.15, 0.2) is 0 Å². The zero-order valence-corrected chi connectivity index (χ0v) is 17.2. The molecule has 1 aromatic heterocycles. The van der Waals surface area contributed by atoms with Gasteiger partial charge in [-0.1, -0.05) is 49.3 Å². The molecule has 1 aromatic carbocycles. The van der Waals surface area contributed by atoms with E-state index in [0.717, 1.165) is 18.7 Å². The number of benzene rings is 1. The van der Waals surface area contributed by atoms with Gasteiger partial charge in [0.2, 0.25) is 0 Å². The summed E-state index contributed by atoms with van der Waals surface area (Å²) in [4.78, 5) is 10.7. The van der Waals surface area contributed by atoms with E-state index < -0.39 is 0 Å². The Morgan fingerprint density at radius 1 is 1.10 bits per heavy atom. The Hall–Kier alpha value is -2.08. The van der Waals surface area contributed by atoms with E-state index in [1.807, 2.05) is 19.3 Å². The first kappa shape index (κ1) is 20.2. The number of allylic oxidation sites excluding steroid dienone is 1. The van der Waals surface area contributed by atoms with Crippen LogP contribution in [0.2, 0.25) is 0 Å². The van der Waals surface area contributed by atoms with E-state index in [2.05, 4.69) is 56.6 Å². The van der Waals surface area contributed by atoms with Crippen LogP contribution in [0.4, 0.5) is 0 Å². The number of aliphatic hydroxyl groups excluding tert-OH is 1. The third kappa shape index (κ3) is 4.58. The van der Waals surface area contributed by atoms with Crippen molar-refractivity contribution in [1.82, 2.24) is 20.2 Å². The SMILES string of the molecule is C/C=C/c1ccc([C@H]2[C@@H](CO)N(Cc3cncnc3)[C@H]2CNC2CCCC2)cc1. The second-order valence-corrected chi connectivity index (χ2v) is 8.32. The van der Waals surface area contributed by atoms with E-state index in [-0.39, 0.29) is 12.6 Å². The molecule has 2 aliphatic rings. The molecule has 1 aliphatic heterocycles. The summed E-state index contributed by atoms with van der Waals surface area (Å²) in [6.45, 7) is 3.93. The number of likely N-dealkylation sites (tertiary alicyclic amines) is 1. The number of aromatic nitrogens is 2. The lowest BCUT2D eigenvalue weighted by atomic mass is 9.74. The van der Waals surface area contributed by atoms with Gasteiger partial charge in [-0.2, -0.15) is 0 Å². The van der Waals surface area contributed by atoms with E-state index in [4.69, 9.17) is 0 Å². The molecule has 2 N–H and O–H groups in total.